The van der Waals surface area contributed by atoms with Crippen LogP contribution in [0.3, 0.4) is 0 Å². The van der Waals surface area contributed by atoms with Gasteiger partial charge in [-0.2, -0.15) is 5.26 Å². The Labute approximate surface area is 90.2 Å². The van der Waals surface area contributed by atoms with Crippen LogP contribution >= 0.6 is 0 Å². The molecule has 0 saturated heterocycles. The second-order valence-electron chi connectivity index (χ2n) is 4.53. The van der Waals surface area contributed by atoms with Crippen molar-refractivity contribution in [3.8, 4) is 6.07 Å². The minimum Gasteiger partial charge on any atom is -0.379 e. The number of benzene rings is 1. The van der Waals surface area contributed by atoms with Gasteiger partial charge in [0, 0.05) is 17.2 Å². The van der Waals surface area contributed by atoms with E-state index in [1.807, 2.05) is 12.1 Å². The Morgan fingerprint density at radius 1 is 1.40 bits per heavy atom. The molecule has 0 saturated carbocycles. The van der Waals surface area contributed by atoms with Crippen LogP contribution in [0.4, 0.5) is 0 Å². The zero-order valence-corrected chi connectivity index (χ0v) is 9.04. The molecule has 0 spiro atoms. The first-order valence-corrected chi connectivity index (χ1v) is 5.09. The third-order valence-electron chi connectivity index (χ3n) is 2.62. The molecule has 2 nitrogen and oxygen atoms in total. The van der Waals surface area contributed by atoms with Crippen molar-refractivity contribution < 1.29 is 0 Å². The molecule has 0 aliphatic carbocycles. The molecule has 0 bridgehead atoms. The van der Waals surface area contributed by atoms with E-state index >= 15 is 0 Å². The number of nitriles is 1. The summed E-state index contributed by atoms with van der Waals surface area (Å²) in [7, 11) is 0. The Hall–Kier alpha value is -1.75. The van der Waals surface area contributed by atoms with Gasteiger partial charge in [-0.3, -0.25) is 0 Å². The van der Waals surface area contributed by atoms with Gasteiger partial charge in [0.15, 0.2) is 0 Å². The van der Waals surface area contributed by atoms with Crippen LogP contribution in [0.2, 0.25) is 0 Å². The van der Waals surface area contributed by atoms with E-state index in [-0.39, 0.29) is 5.54 Å². The summed E-state index contributed by atoms with van der Waals surface area (Å²) in [6, 6.07) is 10.3. The van der Waals surface area contributed by atoms with Gasteiger partial charge in [0.25, 0.3) is 0 Å². The first-order chi connectivity index (χ1) is 7.12. The number of hydrogen-bond acceptors (Lipinski definition) is 2. The first kappa shape index (κ1) is 9.79. The SMILES string of the molecule is CC1(C)Cc2ccccc2/C(=C/C#N)N1. The molecule has 2 rings (SSSR count). The lowest BCUT2D eigenvalue weighted by molar-refractivity contribution is 0.437. The number of hydrogen-bond donors (Lipinski definition) is 1. The smallest absolute Gasteiger partial charge is 0.0933 e. The van der Waals surface area contributed by atoms with Gasteiger partial charge in [0.2, 0.25) is 0 Å². The summed E-state index contributed by atoms with van der Waals surface area (Å²) < 4.78 is 0. The maximum atomic E-state index is 8.75. The predicted molar refractivity (Wildman–Crippen MR) is 61.0 cm³/mol. The normalized spacial score (nSPS) is 20.2. The average molecular weight is 198 g/mol. The Balaban J connectivity index is 2.54. The van der Waals surface area contributed by atoms with Crippen LogP contribution < -0.4 is 5.32 Å². The molecule has 1 aliphatic rings. The summed E-state index contributed by atoms with van der Waals surface area (Å²) >= 11 is 0. The van der Waals surface area contributed by atoms with Crippen molar-refractivity contribution in [2.24, 2.45) is 0 Å². The fourth-order valence-electron chi connectivity index (χ4n) is 2.07. The van der Waals surface area contributed by atoms with E-state index in [1.165, 1.54) is 5.56 Å². The monoisotopic (exact) mass is 198 g/mol. The van der Waals surface area contributed by atoms with E-state index in [0.717, 1.165) is 17.7 Å². The molecule has 0 radical (unpaired) electrons. The highest BCUT2D eigenvalue weighted by molar-refractivity contribution is 5.71. The molecule has 0 fully saturated rings. The van der Waals surface area contributed by atoms with Crippen LogP contribution in [0.5, 0.6) is 0 Å². The number of rotatable bonds is 0. The van der Waals surface area contributed by atoms with E-state index in [9.17, 15) is 0 Å². The van der Waals surface area contributed by atoms with Gasteiger partial charge >= 0.3 is 0 Å². The lowest BCUT2D eigenvalue weighted by Gasteiger charge is -2.35. The number of nitrogens with one attached hydrogen (secondary N) is 1. The summed E-state index contributed by atoms with van der Waals surface area (Å²) in [5, 5.41) is 12.1. The van der Waals surface area contributed by atoms with Gasteiger partial charge in [-0.25, -0.2) is 0 Å². The Bertz CT molecular complexity index is 450. The van der Waals surface area contributed by atoms with E-state index in [2.05, 4.69) is 37.4 Å². The van der Waals surface area contributed by atoms with E-state index in [4.69, 9.17) is 5.26 Å². The minimum atomic E-state index is 0.0248. The second-order valence-corrected chi connectivity index (χ2v) is 4.53. The largest absolute Gasteiger partial charge is 0.379 e. The molecule has 0 unspecified atom stereocenters. The molecule has 2 heteroatoms. The fourth-order valence-corrected chi connectivity index (χ4v) is 2.07. The maximum Gasteiger partial charge on any atom is 0.0933 e. The van der Waals surface area contributed by atoms with Crippen LogP contribution in [0.1, 0.15) is 25.0 Å². The topological polar surface area (TPSA) is 35.8 Å². The third kappa shape index (κ3) is 1.87. The van der Waals surface area contributed by atoms with E-state index < -0.39 is 0 Å². The van der Waals surface area contributed by atoms with Gasteiger partial charge < -0.3 is 5.32 Å². The van der Waals surface area contributed by atoms with Gasteiger partial charge in [0.05, 0.1) is 11.8 Å². The van der Waals surface area contributed by atoms with Crippen molar-refractivity contribution in [3.05, 3.63) is 41.5 Å². The van der Waals surface area contributed by atoms with Crippen LogP contribution in [0, 0.1) is 11.3 Å². The van der Waals surface area contributed by atoms with Crippen LogP contribution in [-0.2, 0) is 6.42 Å². The van der Waals surface area contributed by atoms with Crippen LogP contribution in [-0.4, -0.2) is 5.54 Å². The summed E-state index contributed by atoms with van der Waals surface area (Å²) in [5.41, 5.74) is 3.42. The van der Waals surface area contributed by atoms with Gasteiger partial charge in [-0.1, -0.05) is 24.3 Å². The summed E-state index contributed by atoms with van der Waals surface area (Å²) in [5.74, 6) is 0. The Morgan fingerprint density at radius 2 is 2.13 bits per heavy atom. The van der Waals surface area contributed by atoms with Gasteiger partial charge in [-0.05, 0) is 25.8 Å². The van der Waals surface area contributed by atoms with E-state index in [1.54, 1.807) is 6.08 Å². The molecule has 1 aromatic rings. The highest BCUT2D eigenvalue weighted by Gasteiger charge is 2.26. The van der Waals surface area contributed by atoms with Crippen molar-refractivity contribution in [1.82, 2.24) is 5.32 Å². The summed E-state index contributed by atoms with van der Waals surface area (Å²) in [6.07, 6.45) is 2.58. The average Bonchev–Trinajstić information content (AvgIpc) is 2.16. The fraction of sp³-hybridized carbons (Fsp3) is 0.308. The Morgan fingerprint density at radius 3 is 2.87 bits per heavy atom. The van der Waals surface area contributed by atoms with Gasteiger partial charge in [-0.15, -0.1) is 0 Å². The summed E-state index contributed by atoms with van der Waals surface area (Å²) in [6.45, 7) is 4.29. The maximum absolute atomic E-state index is 8.75. The molecule has 1 aromatic carbocycles. The predicted octanol–water partition coefficient (Wildman–Crippen LogP) is 2.48. The molecule has 1 N–H and O–H groups in total. The van der Waals surface area contributed by atoms with Crippen LogP contribution in [0.15, 0.2) is 30.3 Å². The lowest BCUT2D eigenvalue weighted by Crippen LogP contribution is -2.43. The van der Waals surface area contributed by atoms with Crippen molar-refractivity contribution in [1.29, 1.82) is 5.26 Å². The molecule has 76 valence electrons. The van der Waals surface area contributed by atoms with E-state index in [0.29, 0.717) is 0 Å². The molecule has 15 heavy (non-hydrogen) atoms. The Kier molecular flexibility index (Phi) is 2.24. The molecule has 0 amide bonds. The molecule has 1 heterocycles. The molecular weight excluding hydrogens is 184 g/mol. The molecule has 0 aromatic heterocycles. The van der Waals surface area contributed by atoms with Crippen molar-refractivity contribution >= 4 is 5.70 Å². The third-order valence-corrected chi connectivity index (χ3v) is 2.62. The lowest BCUT2D eigenvalue weighted by atomic mass is 9.86. The molecule has 1 aliphatic heterocycles. The van der Waals surface area contributed by atoms with Crippen LogP contribution in [0.25, 0.3) is 5.70 Å². The first-order valence-electron chi connectivity index (χ1n) is 5.09. The highest BCUT2D eigenvalue weighted by Crippen LogP contribution is 2.28. The highest BCUT2D eigenvalue weighted by atomic mass is 15.0. The minimum absolute atomic E-state index is 0.0248. The number of nitrogens with zero attached hydrogens (tertiary/aromatic N) is 1. The standard InChI is InChI=1S/C13H14N2/c1-13(2)9-10-5-3-4-6-11(10)12(15-13)7-8-14/h3-7,15H,9H2,1-2H3/b12-7-. The van der Waals surface area contributed by atoms with Crippen molar-refractivity contribution in [3.63, 3.8) is 0 Å². The van der Waals surface area contributed by atoms with Crippen molar-refractivity contribution in [2.45, 2.75) is 25.8 Å². The van der Waals surface area contributed by atoms with Gasteiger partial charge in [0.1, 0.15) is 0 Å². The number of allylic oxidation sites excluding steroid dienone is 1. The zero-order valence-electron chi connectivity index (χ0n) is 9.04. The molecular formula is C13H14N2. The van der Waals surface area contributed by atoms with Crippen molar-refractivity contribution in [2.75, 3.05) is 0 Å². The summed E-state index contributed by atoms with van der Waals surface area (Å²) in [4.78, 5) is 0. The quantitative estimate of drug-likeness (QED) is 0.650. The zero-order chi connectivity index (χ0) is 10.9. The second kappa shape index (κ2) is 3.43. The molecule has 0 atom stereocenters. The number of fused-ring (bicyclic) bond motifs is 1.